The van der Waals surface area contributed by atoms with E-state index in [4.69, 9.17) is 5.73 Å². The first-order valence-electron chi connectivity index (χ1n) is 8.14. The third-order valence-corrected chi connectivity index (χ3v) is 3.88. The fraction of sp³-hybridized carbons (Fsp3) is 0.263. The Labute approximate surface area is 141 Å². The number of para-hydroxylation sites is 2. The van der Waals surface area contributed by atoms with Crippen molar-refractivity contribution in [3.63, 3.8) is 0 Å². The molecular weight excluding hydrogens is 300 g/mol. The Bertz CT molecular complexity index is 803. The van der Waals surface area contributed by atoms with Gasteiger partial charge >= 0.3 is 0 Å². The molecule has 1 amide bonds. The predicted octanol–water partition coefficient (Wildman–Crippen LogP) is 3.54. The normalized spacial score (nSPS) is 12.5. The lowest BCUT2D eigenvalue weighted by molar-refractivity contribution is -0.117. The zero-order valence-corrected chi connectivity index (χ0v) is 13.9. The minimum Gasteiger partial charge on any atom is -0.338 e. The summed E-state index contributed by atoms with van der Waals surface area (Å²) in [7, 11) is 0. The molecule has 3 rings (SSSR count). The van der Waals surface area contributed by atoms with Gasteiger partial charge in [0.15, 0.2) is 0 Å². The van der Waals surface area contributed by atoms with E-state index in [-0.39, 0.29) is 5.91 Å². The van der Waals surface area contributed by atoms with Gasteiger partial charge in [0.2, 0.25) is 5.91 Å². The molecule has 2 aromatic carbocycles. The second-order valence-corrected chi connectivity index (χ2v) is 6.41. The van der Waals surface area contributed by atoms with Gasteiger partial charge in [-0.25, -0.2) is 4.98 Å². The molecule has 1 atom stereocenters. The lowest BCUT2D eigenvalue weighted by Crippen LogP contribution is -2.36. The number of H-pyrrole nitrogens is 1. The van der Waals surface area contributed by atoms with Gasteiger partial charge in [0, 0.05) is 11.3 Å². The molecule has 1 heterocycles. The maximum atomic E-state index is 12.1. The largest absolute Gasteiger partial charge is 0.338 e. The van der Waals surface area contributed by atoms with Crippen molar-refractivity contribution in [3.8, 4) is 11.4 Å². The van der Waals surface area contributed by atoms with E-state index in [2.05, 4.69) is 29.1 Å². The number of hydrogen-bond acceptors (Lipinski definition) is 3. The number of nitrogens with two attached hydrogens (primary N) is 1. The zero-order chi connectivity index (χ0) is 17.1. The van der Waals surface area contributed by atoms with Crippen LogP contribution in [0.1, 0.15) is 20.3 Å². The standard InChI is InChI=1S/C19H22N4O/c1-12(2)11-15(20)19(24)21-14-9-7-13(8-10-14)18-22-16-5-3-4-6-17(16)23-18/h3-10,12,15H,11,20H2,1-2H3,(H,21,24)(H,22,23)/t15-/m0/s1. The number of nitrogens with zero attached hydrogens (tertiary/aromatic N) is 1. The Balaban J connectivity index is 1.72. The summed E-state index contributed by atoms with van der Waals surface area (Å²) in [4.78, 5) is 19.9. The first-order chi connectivity index (χ1) is 11.5. The fourth-order valence-electron chi connectivity index (χ4n) is 2.65. The highest BCUT2D eigenvalue weighted by Crippen LogP contribution is 2.22. The number of imidazole rings is 1. The number of rotatable bonds is 5. The first-order valence-corrected chi connectivity index (χ1v) is 8.14. The molecule has 0 unspecified atom stereocenters. The third kappa shape index (κ3) is 3.63. The van der Waals surface area contributed by atoms with Crippen LogP contribution in [0.15, 0.2) is 48.5 Å². The van der Waals surface area contributed by atoms with Crippen molar-refractivity contribution >= 4 is 22.6 Å². The van der Waals surface area contributed by atoms with E-state index >= 15 is 0 Å². The molecule has 0 bridgehead atoms. The van der Waals surface area contributed by atoms with Crippen LogP contribution in [0.2, 0.25) is 0 Å². The number of amides is 1. The number of anilines is 1. The number of aromatic amines is 1. The lowest BCUT2D eigenvalue weighted by Gasteiger charge is -2.14. The predicted molar refractivity (Wildman–Crippen MR) is 97.6 cm³/mol. The van der Waals surface area contributed by atoms with Crippen LogP contribution in [0, 0.1) is 5.92 Å². The number of carbonyl (C=O) groups excluding carboxylic acids is 1. The van der Waals surface area contributed by atoms with E-state index in [1.807, 2.05) is 48.5 Å². The molecular formula is C19H22N4O. The maximum absolute atomic E-state index is 12.1. The molecule has 5 nitrogen and oxygen atoms in total. The number of carbonyl (C=O) groups is 1. The van der Waals surface area contributed by atoms with Crippen LogP contribution in [-0.2, 0) is 4.79 Å². The number of aromatic nitrogens is 2. The average Bonchev–Trinajstić information content (AvgIpc) is 2.99. The molecule has 0 radical (unpaired) electrons. The van der Waals surface area contributed by atoms with Gasteiger partial charge in [0.1, 0.15) is 5.82 Å². The Morgan fingerprint density at radius 1 is 1.17 bits per heavy atom. The van der Waals surface area contributed by atoms with Gasteiger partial charge in [-0.2, -0.15) is 0 Å². The van der Waals surface area contributed by atoms with Crippen molar-refractivity contribution in [1.29, 1.82) is 0 Å². The molecule has 0 spiro atoms. The highest BCUT2D eigenvalue weighted by atomic mass is 16.2. The van der Waals surface area contributed by atoms with Crippen molar-refractivity contribution in [2.75, 3.05) is 5.32 Å². The lowest BCUT2D eigenvalue weighted by atomic mass is 10.0. The summed E-state index contributed by atoms with van der Waals surface area (Å²) in [6.07, 6.45) is 0.670. The van der Waals surface area contributed by atoms with Gasteiger partial charge in [0.05, 0.1) is 17.1 Å². The van der Waals surface area contributed by atoms with E-state index in [9.17, 15) is 4.79 Å². The Kier molecular flexibility index (Phi) is 4.62. The summed E-state index contributed by atoms with van der Waals surface area (Å²) in [5.74, 6) is 1.05. The Morgan fingerprint density at radius 3 is 2.54 bits per heavy atom. The molecule has 1 aromatic heterocycles. The van der Waals surface area contributed by atoms with Gasteiger partial charge in [-0.3, -0.25) is 4.79 Å². The van der Waals surface area contributed by atoms with Crippen LogP contribution in [0.25, 0.3) is 22.4 Å². The van der Waals surface area contributed by atoms with Crippen LogP contribution < -0.4 is 11.1 Å². The molecule has 3 aromatic rings. The number of fused-ring (bicyclic) bond motifs is 1. The van der Waals surface area contributed by atoms with Gasteiger partial charge in [-0.1, -0.05) is 26.0 Å². The Hall–Kier alpha value is -2.66. The number of nitrogens with one attached hydrogen (secondary N) is 2. The molecule has 0 saturated carbocycles. The minimum atomic E-state index is -0.486. The fourth-order valence-corrected chi connectivity index (χ4v) is 2.65. The van der Waals surface area contributed by atoms with Crippen molar-refractivity contribution in [3.05, 3.63) is 48.5 Å². The van der Waals surface area contributed by atoms with E-state index in [0.29, 0.717) is 12.3 Å². The summed E-state index contributed by atoms with van der Waals surface area (Å²) in [5.41, 5.74) is 9.55. The summed E-state index contributed by atoms with van der Waals surface area (Å²) >= 11 is 0. The van der Waals surface area contributed by atoms with Gasteiger partial charge < -0.3 is 16.0 Å². The van der Waals surface area contributed by atoms with Crippen LogP contribution in [0.5, 0.6) is 0 Å². The molecule has 0 aliphatic heterocycles. The molecule has 24 heavy (non-hydrogen) atoms. The molecule has 124 valence electrons. The summed E-state index contributed by atoms with van der Waals surface area (Å²) in [6, 6.07) is 15.0. The van der Waals surface area contributed by atoms with E-state index in [1.54, 1.807) is 0 Å². The highest BCUT2D eigenvalue weighted by molar-refractivity contribution is 5.94. The molecule has 0 fully saturated rings. The third-order valence-electron chi connectivity index (χ3n) is 3.88. The second-order valence-electron chi connectivity index (χ2n) is 6.41. The number of benzene rings is 2. The topological polar surface area (TPSA) is 83.8 Å². The van der Waals surface area contributed by atoms with Gasteiger partial charge in [-0.15, -0.1) is 0 Å². The van der Waals surface area contributed by atoms with Crippen molar-refractivity contribution in [1.82, 2.24) is 9.97 Å². The van der Waals surface area contributed by atoms with Crippen molar-refractivity contribution in [2.24, 2.45) is 11.7 Å². The van der Waals surface area contributed by atoms with E-state index < -0.39 is 6.04 Å². The highest BCUT2D eigenvalue weighted by Gasteiger charge is 2.15. The van der Waals surface area contributed by atoms with E-state index in [0.717, 1.165) is 28.1 Å². The summed E-state index contributed by atoms with van der Waals surface area (Å²) in [6.45, 7) is 4.10. The molecule has 5 heteroatoms. The quantitative estimate of drug-likeness (QED) is 0.672. The van der Waals surface area contributed by atoms with E-state index in [1.165, 1.54) is 0 Å². The minimum absolute atomic E-state index is 0.153. The molecule has 4 N–H and O–H groups in total. The summed E-state index contributed by atoms with van der Waals surface area (Å²) < 4.78 is 0. The van der Waals surface area contributed by atoms with Crippen LogP contribution in [-0.4, -0.2) is 21.9 Å². The first kappa shape index (κ1) is 16.2. The van der Waals surface area contributed by atoms with Gasteiger partial charge in [0.25, 0.3) is 0 Å². The summed E-state index contributed by atoms with van der Waals surface area (Å²) in [5, 5.41) is 2.86. The van der Waals surface area contributed by atoms with Crippen LogP contribution in [0.3, 0.4) is 0 Å². The van der Waals surface area contributed by atoms with Crippen molar-refractivity contribution < 1.29 is 4.79 Å². The number of hydrogen-bond donors (Lipinski definition) is 3. The molecule has 0 aliphatic rings. The Morgan fingerprint density at radius 2 is 1.88 bits per heavy atom. The van der Waals surface area contributed by atoms with Crippen LogP contribution in [0.4, 0.5) is 5.69 Å². The zero-order valence-electron chi connectivity index (χ0n) is 13.9. The maximum Gasteiger partial charge on any atom is 0.241 e. The smallest absolute Gasteiger partial charge is 0.241 e. The van der Waals surface area contributed by atoms with Crippen molar-refractivity contribution in [2.45, 2.75) is 26.3 Å². The average molecular weight is 322 g/mol. The second kappa shape index (κ2) is 6.84. The van der Waals surface area contributed by atoms with Crippen LogP contribution >= 0.6 is 0 Å². The monoisotopic (exact) mass is 322 g/mol. The molecule has 0 saturated heterocycles. The molecule has 0 aliphatic carbocycles. The SMILES string of the molecule is CC(C)C[C@H](N)C(=O)Nc1ccc(-c2nc3ccccc3[nH]2)cc1. The van der Waals surface area contributed by atoms with Gasteiger partial charge in [-0.05, 0) is 48.7 Å².